The van der Waals surface area contributed by atoms with Crippen molar-refractivity contribution in [2.75, 3.05) is 18.0 Å². The lowest BCUT2D eigenvalue weighted by Crippen LogP contribution is -2.24. The molecule has 4 nitrogen and oxygen atoms in total. The van der Waals surface area contributed by atoms with E-state index in [0.29, 0.717) is 11.1 Å². The smallest absolute Gasteiger partial charge is 0.183 e. The van der Waals surface area contributed by atoms with Crippen LogP contribution in [0.3, 0.4) is 0 Å². The molecule has 0 aromatic carbocycles. The summed E-state index contributed by atoms with van der Waals surface area (Å²) in [5.41, 5.74) is 0.736. The standard InChI is InChI=1S/C11H14N4/c1-11(2)3-6-15(8-11)10-9(7-12)13-4-5-14-10/h4-5H,3,6,8H2,1-2H3. The third kappa shape index (κ3) is 1.91. The first-order valence-electron chi connectivity index (χ1n) is 5.08. The van der Waals surface area contributed by atoms with Gasteiger partial charge in [-0.15, -0.1) is 0 Å². The summed E-state index contributed by atoms with van der Waals surface area (Å²) in [5.74, 6) is 0.727. The van der Waals surface area contributed by atoms with Gasteiger partial charge in [-0.1, -0.05) is 13.8 Å². The van der Waals surface area contributed by atoms with E-state index in [1.54, 1.807) is 12.4 Å². The Balaban J connectivity index is 2.28. The van der Waals surface area contributed by atoms with E-state index in [2.05, 4.69) is 34.8 Å². The van der Waals surface area contributed by atoms with Gasteiger partial charge in [0.1, 0.15) is 6.07 Å². The van der Waals surface area contributed by atoms with Crippen LogP contribution in [0.4, 0.5) is 5.82 Å². The minimum absolute atomic E-state index is 0.310. The first-order chi connectivity index (χ1) is 7.12. The Morgan fingerprint density at radius 2 is 2.13 bits per heavy atom. The number of rotatable bonds is 1. The fraction of sp³-hybridized carbons (Fsp3) is 0.545. The van der Waals surface area contributed by atoms with E-state index in [9.17, 15) is 0 Å². The van der Waals surface area contributed by atoms with Gasteiger partial charge < -0.3 is 4.90 Å². The van der Waals surface area contributed by atoms with E-state index >= 15 is 0 Å². The molecule has 0 radical (unpaired) electrons. The number of hydrogen-bond donors (Lipinski definition) is 0. The molecule has 0 atom stereocenters. The van der Waals surface area contributed by atoms with Crippen molar-refractivity contribution in [3.63, 3.8) is 0 Å². The summed E-state index contributed by atoms with van der Waals surface area (Å²) in [7, 11) is 0. The molecule has 2 heterocycles. The molecule has 1 aromatic heterocycles. The van der Waals surface area contributed by atoms with Crippen LogP contribution in [0.15, 0.2) is 12.4 Å². The lowest BCUT2D eigenvalue weighted by atomic mass is 9.93. The van der Waals surface area contributed by atoms with Gasteiger partial charge in [-0.2, -0.15) is 5.26 Å². The predicted octanol–water partition coefficient (Wildman–Crippen LogP) is 1.58. The largest absolute Gasteiger partial charge is 0.354 e. The average Bonchev–Trinajstić information content (AvgIpc) is 2.59. The molecule has 0 N–H and O–H groups in total. The van der Waals surface area contributed by atoms with Crippen molar-refractivity contribution in [3.8, 4) is 6.07 Å². The van der Waals surface area contributed by atoms with Gasteiger partial charge in [-0.05, 0) is 11.8 Å². The molecule has 0 saturated carbocycles. The van der Waals surface area contributed by atoms with Crippen molar-refractivity contribution < 1.29 is 0 Å². The van der Waals surface area contributed by atoms with Crippen molar-refractivity contribution in [2.45, 2.75) is 20.3 Å². The van der Waals surface area contributed by atoms with Crippen LogP contribution in [0.25, 0.3) is 0 Å². The number of nitrogens with zero attached hydrogens (tertiary/aromatic N) is 4. The molecule has 78 valence electrons. The Morgan fingerprint density at radius 3 is 2.73 bits per heavy atom. The van der Waals surface area contributed by atoms with Crippen LogP contribution in [-0.2, 0) is 0 Å². The van der Waals surface area contributed by atoms with Gasteiger partial charge in [0, 0.05) is 25.5 Å². The molecule has 1 aromatic rings. The molecule has 1 aliphatic rings. The molecule has 0 spiro atoms. The van der Waals surface area contributed by atoms with Crippen LogP contribution in [-0.4, -0.2) is 23.1 Å². The van der Waals surface area contributed by atoms with Gasteiger partial charge in [0.25, 0.3) is 0 Å². The minimum Gasteiger partial charge on any atom is -0.354 e. The van der Waals surface area contributed by atoms with Crippen molar-refractivity contribution in [1.82, 2.24) is 9.97 Å². The van der Waals surface area contributed by atoms with Crippen molar-refractivity contribution >= 4 is 5.82 Å². The molecular weight excluding hydrogens is 188 g/mol. The highest BCUT2D eigenvalue weighted by Crippen LogP contribution is 2.32. The predicted molar refractivity (Wildman–Crippen MR) is 57.4 cm³/mol. The van der Waals surface area contributed by atoms with Crippen LogP contribution in [0, 0.1) is 16.7 Å². The Hall–Kier alpha value is -1.63. The third-order valence-corrected chi connectivity index (χ3v) is 2.76. The summed E-state index contributed by atoms with van der Waals surface area (Å²) in [4.78, 5) is 10.4. The molecule has 0 aliphatic carbocycles. The summed E-state index contributed by atoms with van der Waals surface area (Å²) in [6.45, 7) is 6.37. The number of anilines is 1. The highest BCUT2D eigenvalue weighted by Gasteiger charge is 2.31. The maximum Gasteiger partial charge on any atom is 0.183 e. The van der Waals surface area contributed by atoms with E-state index in [0.717, 1.165) is 25.3 Å². The molecule has 4 heteroatoms. The molecule has 0 bridgehead atoms. The zero-order valence-corrected chi connectivity index (χ0v) is 9.06. The molecule has 1 aliphatic heterocycles. The summed E-state index contributed by atoms with van der Waals surface area (Å²) < 4.78 is 0. The highest BCUT2D eigenvalue weighted by molar-refractivity contribution is 5.50. The van der Waals surface area contributed by atoms with Gasteiger partial charge in [-0.25, -0.2) is 9.97 Å². The second-order valence-corrected chi connectivity index (χ2v) is 4.68. The molecule has 15 heavy (non-hydrogen) atoms. The topological polar surface area (TPSA) is 52.8 Å². The Labute approximate surface area is 89.6 Å². The first-order valence-corrected chi connectivity index (χ1v) is 5.08. The Bertz CT molecular complexity index is 405. The Morgan fingerprint density at radius 1 is 1.40 bits per heavy atom. The lowest BCUT2D eigenvalue weighted by molar-refractivity contribution is 0.418. The van der Waals surface area contributed by atoms with Crippen LogP contribution < -0.4 is 4.90 Å². The highest BCUT2D eigenvalue weighted by atomic mass is 15.2. The average molecular weight is 202 g/mol. The minimum atomic E-state index is 0.310. The fourth-order valence-corrected chi connectivity index (χ4v) is 1.93. The lowest BCUT2D eigenvalue weighted by Gasteiger charge is -2.20. The van der Waals surface area contributed by atoms with Gasteiger partial charge in [0.2, 0.25) is 0 Å². The molecule has 1 saturated heterocycles. The van der Waals surface area contributed by atoms with E-state index in [1.165, 1.54) is 0 Å². The van der Waals surface area contributed by atoms with Crippen molar-refractivity contribution in [3.05, 3.63) is 18.1 Å². The van der Waals surface area contributed by atoms with Crippen LogP contribution in [0.1, 0.15) is 26.0 Å². The zero-order chi connectivity index (χ0) is 10.9. The van der Waals surface area contributed by atoms with E-state index in [4.69, 9.17) is 5.26 Å². The monoisotopic (exact) mass is 202 g/mol. The maximum absolute atomic E-state index is 8.93. The van der Waals surface area contributed by atoms with Crippen LogP contribution in [0.2, 0.25) is 0 Å². The fourth-order valence-electron chi connectivity index (χ4n) is 1.93. The molecule has 0 unspecified atom stereocenters. The van der Waals surface area contributed by atoms with E-state index < -0.39 is 0 Å². The zero-order valence-electron chi connectivity index (χ0n) is 9.06. The van der Waals surface area contributed by atoms with Crippen molar-refractivity contribution in [1.29, 1.82) is 5.26 Å². The second kappa shape index (κ2) is 3.50. The summed E-state index contributed by atoms with van der Waals surface area (Å²) in [6.07, 6.45) is 4.33. The number of aromatic nitrogens is 2. The van der Waals surface area contributed by atoms with E-state index in [1.807, 2.05) is 0 Å². The normalized spacial score (nSPS) is 18.9. The summed E-state index contributed by atoms with van der Waals surface area (Å²) in [5, 5.41) is 8.93. The molecule has 1 fully saturated rings. The summed E-state index contributed by atoms with van der Waals surface area (Å²) in [6, 6.07) is 2.08. The quantitative estimate of drug-likeness (QED) is 0.693. The van der Waals surface area contributed by atoms with Crippen molar-refractivity contribution in [2.24, 2.45) is 5.41 Å². The summed E-state index contributed by atoms with van der Waals surface area (Å²) >= 11 is 0. The molecule has 0 amide bonds. The van der Waals surface area contributed by atoms with E-state index in [-0.39, 0.29) is 0 Å². The first kappa shape index (κ1) is 9.91. The molecule has 2 rings (SSSR count). The van der Waals surface area contributed by atoms with Crippen LogP contribution in [0.5, 0.6) is 0 Å². The number of hydrogen-bond acceptors (Lipinski definition) is 4. The van der Waals surface area contributed by atoms with Gasteiger partial charge in [0.05, 0.1) is 0 Å². The van der Waals surface area contributed by atoms with Gasteiger partial charge in [0.15, 0.2) is 11.5 Å². The van der Waals surface area contributed by atoms with Gasteiger partial charge in [-0.3, -0.25) is 0 Å². The SMILES string of the molecule is CC1(C)CCN(c2nccnc2C#N)C1. The number of nitriles is 1. The maximum atomic E-state index is 8.93. The Kier molecular flexibility index (Phi) is 2.31. The second-order valence-electron chi connectivity index (χ2n) is 4.68. The third-order valence-electron chi connectivity index (χ3n) is 2.76. The van der Waals surface area contributed by atoms with Gasteiger partial charge >= 0.3 is 0 Å². The molecular formula is C11H14N4. The van der Waals surface area contributed by atoms with Crippen LogP contribution >= 0.6 is 0 Å².